The molecule has 1 N–H and O–H groups in total. The normalized spacial score (nSPS) is 10.2. The second-order valence-corrected chi connectivity index (χ2v) is 4.78. The molecule has 1 aromatic rings. The minimum Gasteiger partial charge on any atom is -0.352 e. The SMILES string of the molecule is Cc1ccc(C(C)C)cc1CNC(=O)CCC#N. The van der Waals surface area contributed by atoms with E-state index in [1.54, 1.807) is 0 Å². The van der Waals surface area contributed by atoms with Crippen molar-refractivity contribution in [1.82, 2.24) is 5.32 Å². The topological polar surface area (TPSA) is 52.9 Å². The second kappa shape index (κ2) is 6.80. The number of nitriles is 1. The van der Waals surface area contributed by atoms with Crippen LogP contribution in [0, 0.1) is 18.3 Å². The molecule has 0 aliphatic rings. The van der Waals surface area contributed by atoms with Gasteiger partial charge in [0.2, 0.25) is 5.91 Å². The van der Waals surface area contributed by atoms with Crippen molar-refractivity contribution in [2.24, 2.45) is 0 Å². The minimum absolute atomic E-state index is 0.0640. The average Bonchev–Trinajstić information content (AvgIpc) is 2.35. The van der Waals surface area contributed by atoms with Crippen molar-refractivity contribution in [3.63, 3.8) is 0 Å². The molecule has 1 rings (SSSR count). The fraction of sp³-hybridized carbons (Fsp3) is 0.467. The Morgan fingerprint density at radius 3 is 2.78 bits per heavy atom. The van der Waals surface area contributed by atoms with E-state index in [4.69, 9.17) is 5.26 Å². The van der Waals surface area contributed by atoms with Crippen molar-refractivity contribution in [2.45, 2.75) is 46.1 Å². The predicted octanol–water partition coefficient (Wildman–Crippen LogP) is 3.04. The van der Waals surface area contributed by atoms with Gasteiger partial charge in [-0.3, -0.25) is 4.79 Å². The molecule has 0 aliphatic carbocycles. The van der Waals surface area contributed by atoms with Gasteiger partial charge in [-0.15, -0.1) is 0 Å². The third kappa shape index (κ3) is 4.21. The number of nitrogens with zero attached hydrogens (tertiary/aromatic N) is 1. The molecule has 0 radical (unpaired) electrons. The maximum absolute atomic E-state index is 11.4. The van der Waals surface area contributed by atoms with E-state index in [-0.39, 0.29) is 18.7 Å². The summed E-state index contributed by atoms with van der Waals surface area (Å²) in [6.07, 6.45) is 0.552. The van der Waals surface area contributed by atoms with E-state index in [0.717, 1.165) is 5.56 Å². The van der Waals surface area contributed by atoms with Gasteiger partial charge in [0.1, 0.15) is 0 Å². The van der Waals surface area contributed by atoms with Crippen LogP contribution in [0.25, 0.3) is 0 Å². The van der Waals surface area contributed by atoms with E-state index in [1.165, 1.54) is 11.1 Å². The summed E-state index contributed by atoms with van der Waals surface area (Å²) >= 11 is 0. The first-order chi connectivity index (χ1) is 8.54. The summed E-state index contributed by atoms with van der Waals surface area (Å²) in [5.74, 6) is 0.421. The van der Waals surface area contributed by atoms with Crippen molar-refractivity contribution in [3.05, 3.63) is 34.9 Å². The first-order valence-corrected chi connectivity index (χ1v) is 6.27. The molecule has 0 bridgehead atoms. The van der Waals surface area contributed by atoms with E-state index in [2.05, 4.69) is 37.4 Å². The van der Waals surface area contributed by atoms with E-state index < -0.39 is 0 Å². The van der Waals surface area contributed by atoms with Gasteiger partial charge in [-0.2, -0.15) is 5.26 Å². The maximum Gasteiger partial charge on any atom is 0.221 e. The molecular formula is C15H20N2O. The molecule has 3 heteroatoms. The Labute approximate surface area is 109 Å². The summed E-state index contributed by atoms with van der Waals surface area (Å²) < 4.78 is 0. The van der Waals surface area contributed by atoms with Crippen LogP contribution in [0.5, 0.6) is 0 Å². The van der Waals surface area contributed by atoms with Crippen molar-refractivity contribution >= 4 is 5.91 Å². The Morgan fingerprint density at radius 1 is 1.44 bits per heavy atom. The monoisotopic (exact) mass is 244 g/mol. The van der Waals surface area contributed by atoms with Gasteiger partial charge in [-0.1, -0.05) is 32.0 Å². The van der Waals surface area contributed by atoms with E-state index in [9.17, 15) is 4.79 Å². The summed E-state index contributed by atoms with van der Waals surface area (Å²) in [7, 11) is 0. The number of rotatable bonds is 5. The molecule has 1 amide bonds. The molecule has 0 aliphatic heterocycles. The van der Waals surface area contributed by atoms with Gasteiger partial charge in [0.15, 0.2) is 0 Å². The highest BCUT2D eigenvalue weighted by molar-refractivity contribution is 5.76. The lowest BCUT2D eigenvalue weighted by molar-refractivity contribution is -0.121. The Kier molecular flexibility index (Phi) is 5.38. The van der Waals surface area contributed by atoms with Gasteiger partial charge in [0.25, 0.3) is 0 Å². The summed E-state index contributed by atoms with van der Waals surface area (Å²) in [5, 5.41) is 11.3. The molecule has 0 saturated heterocycles. The highest BCUT2D eigenvalue weighted by atomic mass is 16.1. The highest BCUT2D eigenvalue weighted by Gasteiger charge is 2.05. The zero-order chi connectivity index (χ0) is 13.5. The van der Waals surface area contributed by atoms with Crippen LogP contribution in [0.1, 0.15) is 49.3 Å². The molecule has 1 aromatic carbocycles. The Bertz CT molecular complexity index is 458. The number of aryl methyl sites for hydroxylation is 1. The molecule has 96 valence electrons. The van der Waals surface area contributed by atoms with Crippen LogP contribution < -0.4 is 5.32 Å². The number of benzene rings is 1. The van der Waals surface area contributed by atoms with Gasteiger partial charge in [-0.25, -0.2) is 0 Å². The largest absolute Gasteiger partial charge is 0.352 e. The smallest absolute Gasteiger partial charge is 0.221 e. The molecule has 0 unspecified atom stereocenters. The highest BCUT2D eigenvalue weighted by Crippen LogP contribution is 2.18. The van der Waals surface area contributed by atoms with E-state index in [1.807, 2.05) is 13.0 Å². The van der Waals surface area contributed by atoms with Gasteiger partial charge in [0.05, 0.1) is 6.07 Å². The minimum atomic E-state index is -0.0640. The molecule has 0 saturated carbocycles. The first-order valence-electron chi connectivity index (χ1n) is 6.27. The Balaban J connectivity index is 2.64. The lowest BCUT2D eigenvalue weighted by atomic mass is 9.98. The molecule has 3 nitrogen and oxygen atoms in total. The summed E-state index contributed by atoms with van der Waals surface area (Å²) in [6, 6.07) is 8.33. The summed E-state index contributed by atoms with van der Waals surface area (Å²) in [5.41, 5.74) is 3.60. The fourth-order valence-corrected chi connectivity index (χ4v) is 1.69. The van der Waals surface area contributed by atoms with Crippen LogP contribution in [0.3, 0.4) is 0 Å². The van der Waals surface area contributed by atoms with E-state index in [0.29, 0.717) is 12.5 Å². The predicted molar refractivity (Wildman–Crippen MR) is 72.0 cm³/mol. The molecule has 0 aromatic heterocycles. The van der Waals surface area contributed by atoms with Gasteiger partial charge >= 0.3 is 0 Å². The number of carbonyl (C=O) groups excluding carboxylic acids is 1. The molecule has 0 atom stereocenters. The summed E-state index contributed by atoms with van der Waals surface area (Å²) in [6.45, 7) is 6.89. The molecule has 0 spiro atoms. The lowest BCUT2D eigenvalue weighted by Crippen LogP contribution is -2.22. The Hall–Kier alpha value is -1.82. The molecular weight excluding hydrogens is 224 g/mol. The van der Waals surface area contributed by atoms with Gasteiger partial charge in [-0.05, 0) is 29.5 Å². The van der Waals surface area contributed by atoms with Crippen LogP contribution in [0.4, 0.5) is 0 Å². The van der Waals surface area contributed by atoms with Gasteiger partial charge < -0.3 is 5.32 Å². The molecule has 0 fully saturated rings. The maximum atomic E-state index is 11.4. The van der Waals surface area contributed by atoms with Crippen LogP contribution in [-0.4, -0.2) is 5.91 Å². The number of hydrogen-bond donors (Lipinski definition) is 1. The fourth-order valence-electron chi connectivity index (χ4n) is 1.69. The number of carbonyl (C=O) groups is 1. The Morgan fingerprint density at radius 2 is 2.17 bits per heavy atom. The molecule has 18 heavy (non-hydrogen) atoms. The van der Waals surface area contributed by atoms with Crippen LogP contribution >= 0.6 is 0 Å². The summed E-state index contributed by atoms with van der Waals surface area (Å²) in [4.78, 5) is 11.4. The first kappa shape index (κ1) is 14.2. The number of nitrogens with one attached hydrogen (secondary N) is 1. The third-order valence-electron chi connectivity index (χ3n) is 2.98. The zero-order valence-electron chi connectivity index (χ0n) is 11.3. The molecule has 0 heterocycles. The quantitative estimate of drug-likeness (QED) is 0.865. The average molecular weight is 244 g/mol. The number of hydrogen-bond acceptors (Lipinski definition) is 2. The second-order valence-electron chi connectivity index (χ2n) is 4.78. The number of amides is 1. The van der Waals surface area contributed by atoms with Crippen LogP contribution in [0.2, 0.25) is 0 Å². The van der Waals surface area contributed by atoms with Crippen molar-refractivity contribution in [3.8, 4) is 6.07 Å². The van der Waals surface area contributed by atoms with Gasteiger partial charge in [0, 0.05) is 19.4 Å². The van der Waals surface area contributed by atoms with Crippen molar-refractivity contribution in [1.29, 1.82) is 5.26 Å². The standard InChI is InChI=1S/C15H20N2O/c1-11(2)13-7-6-12(3)14(9-13)10-17-15(18)5-4-8-16/h6-7,9,11H,4-5,10H2,1-3H3,(H,17,18). The third-order valence-corrected chi connectivity index (χ3v) is 2.98. The van der Waals surface area contributed by atoms with Crippen LogP contribution in [-0.2, 0) is 11.3 Å². The van der Waals surface area contributed by atoms with E-state index >= 15 is 0 Å². The zero-order valence-corrected chi connectivity index (χ0v) is 11.3. The van der Waals surface area contributed by atoms with Crippen molar-refractivity contribution in [2.75, 3.05) is 0 Å². The van der Waals surface area contributed by atoms with Crippen LogP contribution in [0.15, 0.2) is 18.2 Å². The van der Waals surface area contributed by atoms with Crippen molar-refractivity contribution < 1.29 is 4.79 Å². The lowest BCUT2D eigenvalue weighted by Gasteiger charge is -2.12.